The number of fused-ring (bicyclic) bond motifs is 1. The zero-order valence-corrected chi connectivity index (χ0v) is 21.8. The molecule has 36 heavy (non-hydrogen) atoms. The van der Waals surface area contributed by atoms with Crippen LogP contribution < -0.4 is 14.4 Å². The van der Waals surface area contributed by atoms with Crippen molar-refractivity contribution in [3.05, 3.63) is 70.6 Å². The minimum absolute atomic E-state index is 0.225. The largest absolute Gasteiger partial charge is 0.462 e. The van der Waals surface area contributed by atoms with Gasteiger partial charge in [-0.25, -0.2) is 13.2 Å². The van der Waals surface area contributed by atoms with Crippen LogP contribution in [0.2, 0.25) is 0 Å². The van der Waals surface area contributed by atoms with E-state index in [1.54, 1.807) is 31.2 Å². The highest BCUT2D eigenvalue weighted by molar-refractivity contribution is 7.92. The Morgan fingerprint density at radius 3 is 2.33 bits per heavy atom. The Balaban J connectivity index is 1.53. The quantitative estimate of drug-likeness (QED) is 0.392. The fourth-order valence-electron chi connectivity index (χ4n) is 4.07. The Morgan fingerprint density at radius 1 is 1.00 bits per heavy atom. The number of nitrogens with zero attached hydrogens (tertiary/aromatic N) is 1. The molecule has 1 aliphatic rings. The van der Waals surface area contributed by atoms with E-state index in [1.807, 2.05) is 30.3 Å². The van der Waals surface area contributed by atoms with Gasteiger partial charge < -0.3 is 14.8 Å². The Hall–Kier alpha value is -3.37. The average molecular weight is 529 g/mol. The van der Waals surface area contributed by atoms with Crippen molar-refractivity contribution in [3.8, 4) is 11.5 Å². The summed E-state index contributed by atoms with van der Waals surface area (Å²) in [4.78, 5) is 26.7. The Labute approximate surface area is 214 Å². The van der Waals surface area contributed by atoms with Crippen molar-refractivity contribution < 1.29 is 27.5 Å². The lowest BCUT2D eigenvalue weighted by atomic mass is 9.95. The van der Waals surface area contributed by atoms with E-state index >= 15 is 0 Å². The minimum atomic E-state index is -3.77. The van der Waals surface area contributed by atoms with Crippen molar-refractivity contribution in [2.45, 2.75) is 32.6 Å². The normalized spacial score (nSPS) is 12.9. The first-order chi connectivity index (χ1) is 17.3. The first-order valence-electron chi connectivity index (χ1n) is 11.7. The van der Waals surface area contributed by atoms with Gasteiger partial charge in [0.25, 0.3) is 0 Å². The highest BCUT2D eigenvalue weighted by Gasteiger charge is 2.28. The number of amides is 1. The van der Waals surface area contributed by atoms with Crippen LogP contribution in [0.3, 0.4) is 0 Å². The number of hydrogen-bond donors (Lipinski definition) is 1. The van der Waals surface area contributed by atoms with Gasteiger partial charge in [0, 0.05) is 4.88 Å². The molecule has 1 N–H and O–H groups in total. The molecule has 4 rings (SSSR count). The first-order valence-corrected chi connectivity index (χ1v) is 14.3. The van der Waals surface area contributed by atoms with E-state index in [-0.39, 0.29) is 6.61 Å². The molecule has 0 saturated carbocycles. The van der Waals surface area contributed by atoms with Crippen LogP contribution in [-0.4, -0.2) is 39.7 Å². The molecule has 0 unspecified atom stereocenters. The van der Waals surface area contributed by atoms with Gasteiger partial charge >= 0.3 is 5.97 Å². The molecule has 0 saturated heterocycles. The monoisotopic (exact) mass is 528 g/mol. The summed E-state index contributed by atoms with van der Waals surface area (Å²) in [5, 5.41) is 3.18. The van der Waals surface area contributed by atoms with Crippen LogP contribution in [0, 0.1) is 0 Å². The number of sulfonamides is 1. The number of rotatable bonds is 9. The molecule has 1 aromatic heterocycles. The lowest BCUT2D eigenvalue weighted by Crippen LogP contribution is -2.37. The number of hydrogen-bond acceptors (Lipinski definition) is 7. The number of nitrogens with one attached hydrogen (secondary N) is 1. The van der Waals surface area contributed by atoms with Gasteiger partial charge in [-0.05, 0) is 74.6 Å². The maximum Gasteiger partial charge on any atom is 0.341 e. The fourth-order valence-corrected chi connectivity index (χ4v) is 6.22. The van der Waals surface area contributed by atoms with Crippen LogP contribution in [-0.2, 0) is 32.4 Å². The van der Waals surface area contributed by atoms with Crippen molar-refractivity contribution in [3.63, 3.8) is 0 Å². The van der Waals surface area contributed by atoms with Gasteiger partial charge in [0.05, 0.1) is 24.1 Å². The Bertz CT molecular complexity index is 1330. The molecule has 0 atom stereocenters. The molecular formula is C26H28N2O6S2. The van der Waals surface area contributed by atoms with Gasteiger partial charge in [-0.1, -0.05) is 18.2 Å². The van der Waals surface area contributed by atoms with E-state index in [0.717, 1.165) is 46.7 Å². The van der Waals surface area contributed by atoms with E-state index in [4.69, 9.17) is 9.47 Å². The summed E-state index contributed by atoms with van der Waals surface area (Å²) in [5.41, 5.74) is 1.64. The molecule has 0 radical (unpaired) electrons. The van der Waals surface area contributed by atoms with Crippen molar-refractivity contribution >= 4 is 43.9 Å². The standard InChI is InChI=1S/C26H28N2O6S2/c1-3-33-26(30)24-21-11-7-8-12-22(21)35-25(24)27-23(29)17-28(36(2,31)32)18-13-15-20(16-14-18)34-19-9-5-4-6-10-19/h4-6,9-10,13-16H,3,7-8,11-12,17H2,1-2H3,(H,27,29). The molecule has 2 aromatic carbocycles. The summed E-state index contributed by atoms with van der Waals surface area (Å²) in [5.74, 6) is 0.169. The fraction of sp³-hybridized carbons (Fsp3) is 0.308. The number of carbonyl (C=O) groups excluding carboxylic acids is 2. The minimum Gasteiger partial charge on any atom is -0.462 e. The number of carbonyl (C=O) groups is 2. The number of benzene rings is 2. The maximum absolute atomic E-state index is 13.0. The number of anilines is 2. The van der Waals surface area contributed by atoms with Crippen molar-refractivity contribution in [2.24, 2.45) is 0 Å². The molecule has 1 heterocycles. The third-order valence-electron chi connectivity index (χ3n) is 5.69. The van der Waals surface area contributed by atoms with Crippen LogP contribution >= 0.6 is 11.3 Å². The molecule has 0 fully saturated rings. The van der Waals surface area contributed by atoms with Gasteiger partial charge in [-0.2, -0.15) is 0 Å². The molecule has 8 nitrogen and oxygen atoms in total. The highest BCUT2D eigenvalue weighted by Crippen LogP contribution is 2.38. The van der Waals surface area contributed by atoms with E-state index < -0.39 is 28.4 Å². The number of thiophene rings is 1. The highest BCUT2D eigenvalue weighted by atomic mass is 32.2. The van der Waals surface area contributed by atoms with Crippen molar-refractivity contribution in [2.75, 3.05) is 29.0 Å². The number of aryl methyl sites for hydroxylation is 1. The summed E-state index contributed by atoms with van der Waals surface area (Å²) in [6.07, 6.45) is 4.63. The first kappa shape index (κ1) is 25.7. The third kappa shape index (κ3) is 6.06. The van der Waals surface area contributed by atoms with E-state index in [1.165, 1.54) is 11.3 Å². The van der Waals surface area contributed by atoms with Crippen LogP contribution in [0.15, 0.2) is 54.6 Å². The summed E-state index contributed by atoms with van der Waals surface area (Å²) in [6.45, 7) is 1.51. The molecule has 0 aliphatic heterocycles. The Morgan fingerprint density at radius 2 is 1.67 bits per heavy atom. The lowest BCUT2D eigenvalue weighted by Gasteiger charge is -2.22. The van der Waals surface area contributed by atoms with Gasteiger partial charge in [0.2, 0.25) is 15.9 Å². The molecule has 190 valence electrons. The second kappa shape index (κ2) is 11.1. The number of para-hydroxylation sites is 1. The van der Waals surface area contributed by atoms with Gasteiger partial charge in [-0.15, -0.1) is 11.3 Å². The Kier molecular flexibility index (Phi) is 7.95. The summed E-state index contributed by atoms with van der Waals surface area (Å²) in [7, 11) is -3.77. The lowest BCUT2D eigenvalue weighted by molar-refractivity contribution is -0.114. The zero-order chi connectivity index (χ0) is 25.7. The van der Waals surface area contributed by atoms with E-state index in [0.29, 0.717) is 27.8 Å². The molecule has 1 aliphatic carbocycles. The third-order valence-corrected chi connectivity index (χ3v) is 8.04. The zero-order valence-electron chi connectivity index (χ0n) is 20.2. The van der Waals surface area contributed by atoms with Crippen LogP contribution in [0.1, 0.15) is 40.6 Å². The molecule has 1 amide bonds. The smallest absolute Gasteiger partial charge is 0.341 e. The van der Waals surface area contributed by atoms with Crippen LogP contribution in [0.25, 0.3) is 0 Å². The molecular weight excluding hydrogens is 500 g/mol. The van der Waals surface area contributed by atoms with Crippen molar-refractivity contribution in [1.29, 1.82) is 0 Å². The topological polar surface area (TPSA) is 102 Å². The molecule has 0 bridgehead atoms. The SMILES string of the molecule is CCOC(=O)c1c(NC(=O)CN(c2ccc(Oc3ccccc3)cc2)S(C)(=O)=O)sc2c1CCCC2. The predicted octanol–water partition coefficient (Wildman–Crippen LogP) is 5.00. The average Bonchev–Trinajstić information content (AvgIpc) is 3.21. The second-order valence-corrected chi connectivity index (χ2v) is 11.4. The van der Waals surface area contributed by atoms with E-state index in [2.05, 4.69) is 5.32 Å². The summed E-state index contributed by atoms with van der Waals surface area (Å²) < 4.78 is 37.1. The van der Waals surface area contributed by atoms with E-state index in [9.17, 15) is 18.0 Å². The van der Waals surface area contributed by atoms with Crippen molar-refractivity contribution in [1.82, 2.24) is 0 Å². The van der Waals surface area contributed by atoms with Crippen LogP contribution in [0.5, 0.6) is 11.5 Å². The van der Waals surface area contributed by atoms with Gasteiger partial charge in [0.15, 0.2) is 0 Å². The maximum atomic E-state index is 13.0. The van der Waals surface area contributed by atoms with Crippen LogP contribution in [0.4, 0.5) is 10.7 Å². The molecule has 0 spiro atoms. The number of esters is 1. The summed E-state index contributed by atoms with van der Waals surface area (Å²) >= 11 is 1.36. The second-order valence-electron chi connectivity index (χ2n) is 8.36. The van der Waals surface area contributed by atoms with Gasteiger partial charge in [0.1, 0.15) is 23.0 Å². The van der Waals surface area contributed by atoms with Gasteiger partial charge in [-0.3, -0.25) is 9.10 Å². The predicted molar refractivity (Wildman–Crippen MR) is 141 cm³/mol. The number of ether oxygens (including phenoxy) is 2. The molecule has 10 heteroatoms. The molecule has 3 aromatic rings. The summed E-state index contributed by atoms with van der Waals surface area (Å²) in [6, 6.07) is 15.7.